The van der Waals surface area contributed by atoms with Gasteiger partial charge in [0.25, 0.3) is 0 Å². The number of anilines is 1. The Labute approximate surface area is 127 Å². The summed E-state index contributed by atoms with van der Waals surface area (Å²) >= 11 is 5.97. The van der Waals surface area contributed by atoms with Crippen LogP contribution in [0.5, 0.6) is 0 Å². The molecule has 0 saturated heterocycles. The normalized spacial score (nSPS) is 10.9. The molecule has 0 unspecified atom stereocenters. The summed E-state index contributed by atoms with van der Waals surface area (Å²) in [4.78, 5) is 8.52. The van der Waals surface area contributed by atoms with E-state index >= 15 is 0 Å². The SMILES string of the molecule is Clc1ccc2c(NCCCCn3cnnc3)ncnc2c1. The molecule has 0 radical (unpaired) electrons. The molecule has 21 heavy (non-hydrogen) atoms. The lowest BCUT2D eigenvalue weighted by atomic mass is 10.2. The number of aryl methyl sites for hydroxylation is 1. The van der Waals surface area contributed by atoms with E-state index in [4.69, 9.17) is 11.6 Å². The highest BCUT2D eigenvalue weighted by Gasteiger charge is 2.03. The maximum atomic E-state index is 5.97. The average molecular weight is 303 g/mol. The molecule has 6 nitrogen and oxygen atoms in total. The van der Waals surface area contributed by atoms with Crippen LogP contribution in [0.15, 0.2) is 37.2 Å². The van der Waals surface area contributed by atoms with Crippen LogP contribution in [-0.2, 0) is 6.54 Å². The number of hydrogen-bond donors (Lipinski definition) is 1. The number of halogens is 1. The first-order chi connectivity index (χ1) is 10.3. The Morgan fingerprint density at radius 3 is 2.81 bits per heavy atom. The van der Waals surface area contributed by atoms with E-state index in [1.807, 2.05) is 22.8 Å². The van der Waals surface area contributed by atoms with Crippen LogP contribution < -0.4 is 5.32 Å². The molecule has 2 heterocycles. The Balaban J connectivity index is 1.55. The predicted molar refractivity (Wildman–Crippen MR) is 82.3 cm³/mol. The van der Waals surface area contributed by atoms with Gasteiger partial charge in [0.15, 0.2) is 0 Å². The summed E-state index contributed by atoms with van der Waals surface area (Å²) in [5.74, 6) is 0.848. The van der Waals surface area contributed by atoms with E-state index in [0.717, 1.165) is 42.7 Å². The lowest BCUT2D eigenvalue weighted by molar-refractivity contribution is 0.619. The first-order valence-corrected chi connectivity index (χ1v) is 7.17. The summed E-state index contributed by atoms with van der Waals surface area (Å²) in [7, 11) is 0. The number of aromatic nitrogens is 5. The minimum atomic E-state index is 0.682. The second kappa shape index (κ2) is 6.49. The van der Waals surface area contributed by atoms with Gasteiger partial charge in [0.1, 0.15) is 24.8 Å². The van der Waals surface area contributed by atoms with Crippen LogP contribution in [-0.4, -0.2) is 31.3 Å². The third kappa shape index (κ3) is 3.46. The number of rotatable bonds is 6. The molecule has 108 valence electrons. The van der Waals surface area contributed by atoms with Crippen molar-refractivity contribution < 1.29 is 0 Å². The number of fused-ring (bicyclic) bond motifs is 1. The van der Waals surface area contributed by atoms with Crippen LogP contribution >= 0.6 is 11.6 Å². The fourth-order valence-corrected chi connectivity index (χ4v) is 2.30. The minimum absolute atomic E-state index is 0.682. The zero-order chi connectivity index (χ0) is 14.5. The largest absolute Gasteiger partial charge is 0.369 e. The van der Waals surface area contributed by atoms with E-state index in [0.29, 0.717) is 5.02 Å². The molecule has 0 saturated carbocycles. The number of hydrogen-bond acceptors (Lipinski definition) is 5. The Morgan fingerprint density at radius 1 is 1.10 bits per heavy atom. The van der Waals surface area contributed by atoms with Crippen molar-refractivity contribution in [1.29, 1.82) is 0 Å². The topological polar surface area (TPSA) is 68.5 Å². The van der Waals surface area contributed by atoms with Crippen LogP contribution in [0.2, 0.25) is 5.02 Å². The predicted octanol–water partition coefficient (Wildman–Crippen LogP) is 2.77. The molecule has 3 rings (SSSR count). The average Bonchev–Trinajstić information content (AvgIpc) is 3.00. The van der Waals surface area contributed by atoms with E-state index in [9.17, 15) is 0 Å². The van der Waals surface area contributed by atoms with Crippen LogP contribution in [0.4, 0.5) is 5.82 Å². The molecular formula is C14H15ClN6. The van der Waals surface area contributed by atoms with Crippen molar-refractivity contribution in [2.24, 2.45) is 0 Å². The lowest BCUT2D eigenvalue weighted by Crippen LogP contribution is -2.06. The monoisotopic (exact) mass is 302 g/mol. The third-order valence-electron chi connectivity index (χ3n) is 3.20. The number of nitrogens with zero attached hydrogens (tertiary/aromatic N) is 5. The molecule has 0 aliphatic heterocycles. The first-order valence-electron chi connectivity index (χ1n) is 6.79. The Kier molecular flexibility index (Phi) is 4.25. The highest BCUT2D eigenvalue weighted by Crippen LogP contribution is 2.22. The van der Waals surface area contributed by atoms with Crippen LogP contribution in [0, 0.1) is 0 Å². The van der Waals surface area contributed by atoms with Gasteiger partial charge in [0.2, 0.25) is 0 Å². The van der Waals surface area contributed by atoms with Crippen molar-refractivity contribution in [3.8, 4) is 0 Å². The molecule has 1 N–H and O–H groups in total. The highest BCUT2D eigenvalue weighted by molar-refractivity contribution is 6.31. The molecule has 0 spiro atoms. The molecule has 7 heteroatoms. The molecule has 1 aromatic carbocycles. The summed E-state index contributed by atoms with van der Waals surface area (Å²) in [6.07, 6.45) is 7.11. The highest BCUT2D eigenvalue weighted by atomic mass is 35.5. The number of benzene rings is 1. The van der Waals surface area contributed by atoms with E-state index in [1.54, 1.807) is 19.0 Å². The van der Waals surface area contributed by atoms with Gasteiger partial charge in [-0.25, -0.2) is 9.97 Å². The van der Waals surface area contributed by atoms with Gasteiger partial charge < -0.3 is 9.88 Å². The van der Waals surface area contributed by atoms with E-state index in [2.05, 4.69) is 25.5 Å². The van der Waals surface area contributed by atoms with Crippen molar-refractivity contribution in [3.05, 3.63) is 42.2 Å². The van der Waals surface area contributed by atoms with Crippen LogP contribution in [0.25, 0.3) is 10.9 Å². The smallest absolute Gasteiger partial charge is 0.137 e. The van der Waals surface area contributed by atoms with Crippen molar-refractivity contribution >= 4 is 28.3 Å². The summed E-state index contributed by atoms with van der Waals surface area (Å²) < 4.78 is 1.97. The molecule has 2 aromatic heterocycles. The molecule has 0 bridgehead atoms. The van der Waals surface area contributed by atoms with Crippen molar-refractivity contribution in [2.45, 2.75) is 19.4 Å². The number of unbranched alkanes of at least 4 members (excludes halogenated alkanes) is 1. The van der Waals surface area contributed by atoms with Crippen molar-refractivity contribution in [2.75, 3.05) is 11.9 Å². The zero-order valence-corrected chi connectivity index (χ0v) is 12.2. The minimum Gasteiger partial charge on any atom is -0.369 e. The van der Waals surface area contributed by atoms with Gasteiger partial charge in [-0.15, -0.1) is 10.2 Å². The Bertz CT molecular complexity index is 713. The molecule has 0 aliphatic rings. The maximum absolute atomic E-state index is 5.97. The van der Waals surface area contributed by atoms with E-state index < -0.39 is 0 Å². The van der Waals surface area contributed by atoms with Gasteiger partial charge >= 0.3 is 0 Å². The standard InChI is InChI=1S/C14H15ClN6/c15-11-3-4-12-13(7-11)17-8-18-14(12)16-5-1-2-6-21-9-19-20-10-21/h3-4,7-10H,1-2,5-6H2,(H,16,17,18). The van der Waals surface area contributed by atoms with E-state index in [1.165, 1.54) is 0 Å². The van der Waals surface area contributed by atoms with Gasteiger partial charge in [0.05, 0.1) is 5.52 Å². The quantitative estimate of drug-likeness (QED) is 0.709. The fourth-order valence-electron chi connectivity index (χ4n) is 2.13. The van der Waals surface area contributed by atoms with Crippen LogP contribution in [0.3, 0.4) is 0 Å². The molecule has 0 atom stereocenters. The molecule has 3 aromatic rings. The lowest BCUT2D eigenvalue weighted by Gasteiger charge is -2.08. The second-order valence-corrected chi connectivity index (χ2v) is 5.15. The fraction of sp³-hybridized carbons (Fsp3) is 0.286. The maximum Gasteiger partial charge on any atom is 0.137 e. The van der Waals surface area contributed by atoms with Crippen molar-refractivity contribution in [3.63, 3.8) is 0 Å². The summed E-state index contributed by atoms with van der Waals surface area (Å²) in [6.45, 7) is 1.78. The molecule has 0 amide bonds. The summed E-state index contributed by atoms with van der Waals surface area (Å²) in [5.41, 5.74) is 0.851. The summed E-state index contributed by atoms with van der Waals surface area (Å²) in [5, 5.41) is 12.6. The molecular weight excluding hydrogens is 288 g/mol. The van der Waals surface area contributed by atoms with Gasteiger partial charge in [-0.05, 0) is 31.0 Å². The van der Waals surface area contributed by atoms with Gasteiger partial charge in [0, 0.05) is 23.5 Å². The molecule has 0 fully saturated rings. The second-order valence-electron chi connectivity index (χ2n) is 4.72. The van der Waals surface area contributed by atoms with Gasteiger partial charge in [-0.3, -0.25) is 0 Å². The Morgan fingerprint density at radius 2 is 1.95 bits per heavy atom. The van der Waals surface area contributed by atoms with Gasteiger partial charge in [-0.2, -0.15) is 0 Å². The zero-order valence-electron chi connectivity index (χ0n) is 11.4. The number of nitrogens with one attached hydrogen (secondary N) is 1. The van der Waals surface area contributed by atoms with Crippen LogP contribution in [0.1, 0.15) is 12.8 Å². The van der Waals surface area contributed by atoms with Gasteiger partial charge in [-0.1, -0.05) is 11.6 Å². The third-order valence-corrected chi connectivity index (χ3v) is 3.44. The van der Waals surface area contributed by atoms with E-state index in [-0.39, 0.29) is 0 Å². The molecule has 0 aliphatic carbocycles. The van der Waals surface area contributed by atoms with Crippen molar-refractivity contribution in [1.82, 2.24) is 24.7 Å². The summed E-state index contributed by atoms with van der Waals surface area (Å²) in [6, 6.07) is 5.64. The first kappa shape index (κ1) is 13.8. The Hall–Kier alpha value is -2.21.